The predicted molar refractivity (Wildman–Crippen MR) is 79.3 cm³/mol. The van der Waals surface area contributed by atoms with E-state index in [4.69, 9.17) is 0 Å². The zero-order chi connectivity index (χ0) is 13.7. The number of anilines is 1. The fourth-order valence-electron chi connectivity index (χ4n) is 2.90. The number of hydrogen-bond acceptors (Lipinski definition) is 2. The third-order valence-corrected chi connectivity index (χ3v) is 4.14. The van der Waals surface area contributed by atoms with E-state index in [-0.39, 0.29) is 5.91 Å². The van der Waals surface area contributed by atoms with Gasteiger partial charge in [0.15, 0.2) is 0 Å². The van der Waals surface area contributed by atoms with E-state index in [1.54, 1.807) is 7.05 Å². The van der Waals surface area contributed by atoms with E-state index in [1.165, 1.54) is 25.7 Å². The number of hydrogen-bond donors (Lipinski definition) is 2. The maximum absolute atomic E-state index is 11.5. The van der Waals surface area contributed by atoms with Gasteiger partial charge in [-0.3, -0.25) is 4.79 Å². The second-order valence-electron chi connectivity index (χ2n) is 5.48. The molecule has 104 valence electrons. The molecule has 0 aliphatic heterocycles. The van der Waals surface area contributed by atoms with E-state index < -0.39 is 0 Å². The van der Waals surface area contributed by atoms with Gasteiger partial charge in [-0.1, -0.05) is 31.0 Å². The Morgan fingerprint density at radius 2 is 2.00 bits per heavy atom. The van der Waals surface area contributed by atoms with E-state index in [0.29, 0.717) is 12.5 Å². The Bertz CT molecular complexity index is 425. The van der Waals surface area contributed by atoms with Crippen LogP contribution < -0.4 is 10.6 Å². The SMILES string of the molecule is CNC(=O)Cc1ccccc1NC(C)C1CCCC1. The Hall–Kier alpha value is -1.51. The third-order valence-electron chi connectivity index (χ3n) is 4.14. The monoisotopic (exact) mass is 260 g/mol. The first-order chi connectivity index (χ1) is 9.20. The van der Waals surface area contributed by atoms with E-state index >= 15 is 0 Å². The highest BCUT2D eigenvalue weighted by molar-refractivity contribution is 5.80. The molecule has 1 amide bonds. The van der Waals surface area contributed by atoms with Gasteiger partial charge in [-0.15, -0.1) is 0 Å². The summed E-state index contributed by atoms with van der Waals surface area (Å²) in [6, 6.07) is 8.59. The smallest absolute Gasteiger partial charge is 0.224 e. The predicted octanol–water partition coefficient (Wildman–Crippen LogP) is 2.97. The number of likely N-dealkylation sites (N-methyl/N-ethyl adjacent to an activating group) is 1. The average Bonchev–Trinajstić information content (AvgIpc) is 2.95. The van der Waals surface area contributed by atoms with Crippen LogP contribution in [0.4, 0.5) is 5.69 Å². The summed E-state index contributed by atoms with van der Waals surface area (Å²) in [4.78, 5) is 11.5. The average molecular weight is 260 g/mol. The minimum atomic E-state index is 0.0581. The molecule has 2 rings (SSSR count). The first-order valence-corrected chi connectivity index (χ1v) is 7.25. The van der Waals surface area contributed by atoms with Gasteiger partial charge in [0.1, 0.15) is 0 Å². The molecule has 0 radical (unpaired) electrons. The van der Waals surface area contributed by atoms with Crippen LogP contribution in [0, 0.1) is 5.92 Å². The standard InChI is InChI=1S/C16H24N2O/c1-12(13-7-3-4-8-13)18-15-10-6-5-9-14(15)11-16(19)17-2/h5-6,9-10,12-13,18H,3-4,7-8,11H2,1-2H3,(H,17,19). The third kappa shape index (κ3) is 3.72. The molecule has 2 N–H and O–H groups in total. The second-order valence-corrected chi connectivity index (χ2v) is 5.48. The molecule has 0 spiro atoms. The maximum atomic E-state index is 11.5. The first kappa shape index (κ1) is 13.9. The molecule has 0 heterocycles. The molecule has 19 heavy (non-hydrogen) atoms. The molecule has 1 atom stereocenters. The van der Waals surface area contributed by atoms with Gasteiger partial charge in [0.05, 0.1) is 6.42 Å². The topological polar surface area (TPSA) is 41.1 Å². The molecule has 1 unspecified atom stereocenters. The number of nitrogens with one attached hydrogen (secondary N) is 2. The van der Waals surface area contributed by atoms with Crippen molar-refractivity contribution in [1.82, 2.24) is 5.32 Å². The van der Waals surface area contributed by atoms with Crippen LogP contribution in [-0.4, -0.2) is 19.0 Å². The van der Waals surface area contributed by atoms with Gasteiger partial charge < -0.3 is 10.6 Å². The van der Waals surface area contributed by atoms with Crippen LogP contribution in [0.3, 0.4) is 0 Å². The highest BCUT2D eigenvalue weighted by Gasteiger charge is 2.21. The number of benzene rings is 1. The lowest BCUT2D eigenvalue weighted by Crippen LogP contribution is -2.25. The van der Waals surface area contributed by atoms with Crippen molar-refractivity contribution >= 4 is 11.6 Å². The minimum absolute atomic E-state index is 0.0581. The fraction of sp³-hybridized carbons (Fsp3) is 0.562. The van der Waals surface area contributed by atoms with Crippen LogP contribution in [0.15, 0.2) is 24.3 Å². The number of amides is 1. The van der Waals surface area contributed by atoms with E-state index in [1.807, 2.05) is 18.2 Å². The summed E-state index contributed by atoms with van der Waals surface area (Å²) in [5, 5.41) is 6.28. The zero-order valence-electron chi connectivity index (χ0n) is 11.9. The van der Waals surface area contributed by atoms with Crippen LogP contribution in [0.1, 0.15) is 38.2 Å². The van der Waals surface area contributed by atoms with E-state index in [9.17, 15) is 4.79 Å². The van der Waals surface area contributed by atoms with Crippen LogP contribution in [-0.2, 0) is 11.2 Å². The Morgan fingerprint density at radius 3 is 2.68 bits per heavy atom. The van der Waals surface area contributed by atoms with Crippen molar-refractivity contribution in [1.29, 1.82) is 0 Å². The largest absolute Gasteiger partial charge is 0.382 e. The van der Waals surface area contributed by atoms with Crippen molar-refractivity contribution < 1.29 is 4.79 Å². The highest BCUT2D eigenvalue weighted by atomic mass is 16.1. The van der Waals surface area contributed by atoms with Crippen molar-refractivity contribution in [2.45, 2.75) is 45.1 Å². The summed E-state index contributed by atoms with van der Waals surface area (Å²) in [6.07, 6.45) is 5.81. The van der Waals surface area contributed by atoms with Crippen molar-refractivity contribution in [3.05, 3.63) is 29.8 Å². The maximum Gasteiger partial charge on any atom is 0.224 e. The molecule has 0 saturated heterocycles. The Labute approximate surface area is 115 Å². The molecule has 3 nitrogen and oxygen atoms in total. The first-order valence-electron chi connectivity index (χ1n) is 7.25. The molecule has 1 aromatic rings. The Morgan fingerprint density at radius 1 is 1.32 bits per heavy atom. The van der Waals surface area contributed by atoms with Crippen molar-refractivity contribution in [2.75, 3.05) is 12.4 Å². The van der Waals surface area contributed by atoms with E-state index in [2.05, 4.69) is 23.6 Å². The Kier molecular flexibility index (Phi) is 4.83. The molecule has 1 aromatic carbocycles. The van der Waals surface area contributed by atoms with Gasteiger partial charge in [0, 0.05) is 18.8 Å². The number of carbonyl (C=O) groups is 1. The summed E-state index contributed by atoms with van der Waals surface area (Å²) in [5.41, 5.74) is 2.18. The number of rotatable bonds is 5. The van der Waals surface area contributed by atoms with Gasteiger partial charge in [-0.2, -0.15) is 0 Å². The minimum Gasteiger partial charge on any atom is -0.382 e. The quantitative estimate of drug-likeness (QED) is 0.854. The van der Waals surface area contributed by atoms with Crippen LogP contribution in [0.25, 0.3) is 0 Å². The van der Waals surface area contributed by atoms with Crippen LogP contribution in [0.5, 0.6) is 0 Å². The molecule has 1 saturated carbocycles. The van der Waals surface area contributed by atoms with Gasteiger partial charge >= 0.3 is 0 Å². The summed E-state index contributed by atoms with van der Waals surface area (Å²) in [5.74, 6) is 0.829. The lowest BCUT2D eigenvalue weighted by molar-refractivity contribution is -0.119. The second kappa shape index (κ2) is 6.60. The molecule has 1 aliphatic carbocycles. The number of para-hydroxylation sites is 1. The summed E-state index contributed by atoms with van der Waals surface area (Å²) >= 11 is 0. The van der Waals surface area contributed by atoms with Gasteiger partial charge in [0.25, 0.3) is 0 Å². The van der Waals surface area contributed by atoms with Crippen molar-refractivity contribution in [2.24, 2.45) is 5.92 Å². The summed E-state index contributed by atoms with van der Waals surface area (Å²) in [7, 11) is 1.68. The van der Waals surface area contributed by atoms with Gasteiger partial charge in [-0.25, -0.2) is 0 Å². The van der Waals surface area contributed by atoms with Crippen molar-refractivity contribution in [3.63, 3.8) is 0 Å². The normalized spacial score (nSPS) is 17.2. The van der Waals surface area contributed by atoms with E-state index in [0.717, 1.165) is 17.2 Å². The Balaban J connectivity index is 2.04. The van der Waals surface area contributed by atoms with Crippen LogP contribution >= 0.6 is 0 Å². The van der Waals surface area contributed by atoms with Gasteiger partial charge in [0.2, 0.25) is 5.91 Å². The molecular formula is C16H24N2O. The zero-order valence-corrected chi connectivity index (χ0v) is 11.9. The van der Waals surface area contributed by atoms with Crippen LogP contribution in [0.2, 0.25) is 0 Å². The molecule has 0 bridgehead atoms. The molecule has 1 fully saturated rings. The van der Waals surface area contributed by atoms with Crippen molar-refractivity contribution in [3.8, 4) is 0 Å². The van der Waals surface area contributed by atoms with Gasteiger partial charge in [-0.05, 0) is 37.3 Å². The lowest BCUT2D eigenvalue weighted by atomic mass is 9.98. The molecule has 1 aliphatic rings. The summed E-state index contributed by atoms with van der Waals surface area (Å²) in [6.45, 7) is 2.26. The molecule has 3 heteroatoms. The highest BCUT2D eigenvalue weighted by Crippen LogP contribution is 2.30. The number of carbonyl (C=O) groups excluding carboxylic acids is 1. The summed E-state index contributed by atoms with van der Waals surface area (Å²) < 4.78 is 0. The molecule has 0 aromatic heterocycles. The fourth-order valence-corrected chi connectivity index (χ4v) is 2.90. The lowest BCUT2D eigenvalue weighted by Gasteiger charge is -2.23. The molecular weight excluding hydrogens is 236 g/mol.